The highest BCUT2D eigenvalue weighted by molar-refractivity contribution is 5.93. The van der Waals surface area contributed by atoms with Crippen LogP contribution in [0.25, 0.3) is 11.3 Å². The zero-order valence-corrected chi connectivity index (χ0v) is 17.6. The van der Waals surface area contributed by atoms with E-state index in [0.29, 0.717) is 18.8 Å². The lowest BCUT2D eigenvalue weighted by Crippen LogP contribution is -2.48. The molecule has 1 aliphatic heterocycles. The van der Waals surface area contributed by atoms with Gasteiger partial charge >= 0.3 is 0 Å². The highest BCUT2D eigenvalue weighted by atomic mass is 16.2. The molecule has 0 saturated carbocycles. The summed E-state index contributed by atoms with van der Waals surface area (Å²) in [6, 6.07) is 16.8. The van der Waals surface area contributed by atoms with Crippen molar-refractivity contribution in [3.63, 3.8) is 0 Å². The Kier molecular flexibility index (Phi) is 5.14. The summed E-state index contributed by atoms with van der Waals surface area (Å²) in [5.74, 6) is 0.0135. The van der Waals surface area contributed by atoms with E-state index >= 15 is 0 Å². The third-order valence-corrected chi connectivity index (χ3v) is 5.84. The molecular weight excluding hydrogens is 360 g/mol. The minimum absolute atomic E-state index is 0.0135. The van der Waals surface area contributed by atoms with E-state index in [0.717, 1.165) is 24.3 Å². The molecule has 0 aliphatic carbocycles. The maximum absolute atomic E-state index is 13.0. The van der Waals surface area contributed by atoms with Gasteiger partial charge in [-0.3, -0.25) is 9.48 Å². The van der Waals surface area contributed by atoms with Crippen LogP contribution in [-0.4, -0.2) is 46.8 Å². The van der Waals surface area contributed by atoms with Gasteiger partial charge in [0, 0.05) is 44.5 Å². The van der Waals surface area contributed by atoms with E-state index in [1.165, 1.54) is 22.4 Å². The van der Waals surface area contributed by atoms with Gasteiger partial charge in [0.15, 0.2) is 5.69 Å². The monoisotopic (exact) mass is 388 g/mol. The van der Waals surface area contributed by atoms with Crippen LogP contribution in [0.5, 0.6) is 0 Å². The number of carbonyl (C=O) groups excluding carboxylic acids is 1. The fourth-order valence-electron chi connectivity index (χ4n) is 3.90. The van der Waals surface area contributed by atoms with Crippen molar-refractivity contribution in [3.05, 3.63) is 70.9 Å². The van der Waals surface area contributed by atoms with Crippen molar-refractivity contribution >= 4 is 11.6 Å². The van der Waals surface area contributed by atoms with Crippen LogP contribution in [0.4, 0.5) is 5.69 Å². The fraction of sp³-hybridized carbons (Fsp3) is 0.333. The van der Waals surface area contributed by atoms with Crippen molar-refractivity contribution in [3.8, 4) is 11.3 Å². The molecule has 5 nitrogen and oxygen atoms in total. The quantitative estimate of drug-likeness (QED) is 0.682. The van der Waals surface area contributed by atoms with Crippen molar-refractivity contribution in [1.29, 1.82) is 0 Å². The minimum Gasteiger partial charge on any atom is -0.368 e. The van der Waals surface area contributed by atoms with Crippen LogP contribution in [0.3, 0.4) is 0 Å². The highest BCUT2D eigenvalue weighted by Crippen LogP contribution is 2.24. The zero-order valence-electron chi connectivity index (χ0n) is 17.6. The van der Waals surface area contributed by atoms with E-state index in [9.17, 15) is 4.79 Å². The Bertz CT molecular complexity index is 1040. The largest absolute Gasteiger partial charge is 0.368 e. The minimum atomic E-state index is 0.0135. The van der Waals surface area contributed by atoms with E-state index in [4.69, 9.17) is 0 Å². The number of nitrogens with zero attached hydrogens (tertiary/aromatic N) is 4. The van der Waals surface area contributed by atoms with Crippen molar-refractivity contribution in [1.82, 2.24) is 14.7 Å². The smallest absolute Gasteiger partial charge is 0.274 e. The molecule has 1 fully saturated rings. The molecule has 3 aromatic rings. The molecule has 5 heteroatoms. The number of rotatable bonds is 3. The van der Waals surface area contributed by atoms with Gasteiger partial charge in [0.1, 0.15) is 0 Å². The molecule has 29 heavy (non-hydrogen) atoms. The molecule has 0 bridgehead atoms. The van der Waals surface area contributed by atoms with E-state index < -0.39 is 0 Å². The number of amides is 1. The average Bonchev–Trinajstić information content (AvgIpc) is 3.11. The lowest BCUT2D eigenvalue weighted by atomic mass is 10.0. The molecule has 0 N–H and O–H groups in total. The van der Waals surface area contributed by atoms with Gasteiger partial charge in [0.2, 0.25) is 0 Å². The molecule has 0 spiro atoms. The molecule has 0 atom stereocenters. The Morgan fingerprint density at radius 2 is 1.66 bits per heavy atom. The van der Waals surface area contributed by atoms with Gasteiger partial charge in [-0.05, 0) is 61.7 Å². The second-order valence-electron chi connectivity index (χ2n) is 7.96. The number of benzene rings is 2. The predicted octanol–water partition coefficient (Wildman–Crippen LogP) is 3.97. The predicted molar refractivity (Wildman–Crippen MR) is 117 cm³/mol. The topological polar surface area (TPSA) is 41.4 Å². The summed E-state index contributed by atoms with van der Waals surface area (Å²) in [6.45, 7) is 9.42. The fourth-order valence-corrected chi connectivity index (χ4v) is 3.90. The van der Waals surface area contributed by atoms with Gasteiger partial charge in [0.05, 0.1) is 5.69 Å². The zero-order chi connectivity index (χ0) is 20.5. The van der Waals surface area contributed by atoms with Crippen LogP contribution < -0.4 is 4.90 Å². The Hall–Kier alpha value is -3.08. The van der Waals surface area contributed by atoms with Crippen molar-refractivity contribution in [2.45, 2.75) is 20.8 Å². The van der Waals surface area contributed by atoms with Gasteiger partial charge in [-0.15, -0.1) is 0 Å². The number of hydrogen-bond donors (Lipinski definition) is 0. The van der Waals surface area contributed by atoms with Crippen LogP contribution in [0.2, 0.25) is 0 Å². The molecule has 1 amide bonds. The molecule has 2 heterocycles. The van der Waals surface area contributed by atoms with E-state index in [2.05, 4.69) is 73.2 Å². The second-order valence-corrected chi connectivity index (χ2v) is 7.96. The normalized spacial score (nSPS) is 14.3. The van der Waals surface area contributed by atoms with Crippen LogP contribution in [0.15, 0.2) is 48.5 Å². The van der Waals surface area contributed by atoms with Gasteiger partial charge in [0.25, 0.3) is 5.91 Å². The lowest BCUT2D eigenvalue weighted by molar-refractivity contribution is 0.0740. The molecule has 0 radical (unpaired) electrons. The Balaban J connectivity index is 1.47. The molecule has 2 aromatic carbocycles. The molecule has 1 saturated heterocycles. The standard InChI is InChI=1S/C24H28N4O/c1-17-6-5-7-21(14-17)27-10-12-28(13-11-27)24(29)22-16-23(26(4)25-22)20-9-8-18(2)19(3)15-20/h5-9,14-16H,10-13H2,1-4H3. The number of carbonyl (C=O) groups is 1. The summed E-state index contributed by atoms with van der Waals surface area (Å²) in [4.78, 5) is 17.3. The van der Waals surface area contributed by atoms with Crippen molar-refractivity contribution in [2.75, 3.05) is 31.1 Å². The summed E-state index contributed by atoms with van der Waals surface area (Å²) >= 11 is 0. The Morgan fingerprint density at radius 1 is 0.897 bits per heavy atom. The first kappa shape index (κ1) is 19.2. The summed E-state index contributed by atoms with van der Waals surface area (Å²) < 4.78 is 1.81. The summed E-state index contributed by atoms with van der Waals surface area (Å²) in [5, 5.41) is 4.51. The number of hydrogen-bond acceptors (Lipinski definition) is 3. The van der Waals surface area contributed by atoms with Crippen molar-refractivity contribution in [2.24, 2.45) is 7.05 Å². The van der Waals surface area contributed by atoms with Gasteiger partial charge in [-0.2, -0.15) is 5.10 Å². The summed E-state index contributed by atoms with van der Waals surface area (Å²) in [6.07, 6.45) is 0. The van der Waals surface area contributed by atoms with Crippen LogP contribution in [0, 0.1) is 20.8 Å². The third kappa shape index (κ3) is 3.90. The van der Waals surface area contributed by atoms with Gasteiger partial charge < -0.3 is 9.80 Å². The molecule has 1 aromatic heterocycles. The second kappa shape index (κ2) is 7.74. The first-order chi connectivity index (χ1) is 13.9. The van der Waals surface area contributed by atoms with Crippen LogP contribution >= 0.6 is 0 Å². The number of piperazine rings is 1. The maximum atomic E-state index is 13.0. The lowest BCUT2D eigenvalue weighted by Gasteiger charge is -2.36. The SMILES string of the molecule is Cc1cccc(N2CCN(C(=O)c3cc(-c4ccc(C)c(C)c4)n(C)n3)CC2)c1. The molecule has 1 aliphatic rings. The first-order valence-electron chi connectivity index (χ1n) is 10.1. The summed E-state index contributed by atoms with van der Waals surface area (Å²) in [7, 11) is 1.90. The first-order valence-corrected chi connectivity index (χ1v) is 10.1. The maximum Gasteiger partial charge on any atom is 0.274 e. The van der Waals surface area contributed by atoms with Gasteiger partial charge in [-0.1, -0.05) is 24.3 Å². The Labute approximate surface area is 172 Å². The average molecular weight is 389 g/mol. The van der Waals surface area contributed by atoms with Crippen LogP contribution in [-0.2, 0) is 7.05 Å². The van der Waals surface area contributed by atoms with Gasteiger partial charge in [-0.25, -0.2) is 0 Å². The molecule has 0 unspecified atom stereocenters. The molecular formula is C24H28N4O. The van der Waals surface area contributed by atoms with E-state index in [-0.39, 0.29) is 5.91 Å². The van der Waals surface area contributed by atoms with E-state index in [1.54, 1.807) is 4.68 Å². The number of aromatic nitrogens is 2. The molecule has 4 rings (SSSR count). The summed E-state index contributed by atoms with van der Waals surface area (Å²) in [5.41, 5.74) is 7.56. The highest BCUT2D eigenvalue weighted by Gasteiger charge is 2.25. The van der Waals surface area contributed by atoms with Crippen molar-refractivity contribution < 1.29 is 4.79 Å². The third-order valence-electron chi connectivity index (χ3n) is 5.84. The van der Waals surface area contributed by atoms with E-state index in [1.807, 2.05) is 18.0 Å². The molecule has 150 valence electrons. The Morgan fingerprint density at radius 3 is 2.34 bits per heavy atom. The van der Waals surface area contributed by atoms with Crippen LogP contribution in [0.1, 0.15) is 27.2 Å². The number of aryl methyl sites for hydroxylation is 4. The number of anilines is 1.